The summed E-state index contributed by atoms with van der Waals surface area (Å²) in [7, 11) is -2.73. The van der Waals surface area contributed by atoms with E-state index in [1.165, 1.54) is 36.2 Å². The third-order valence-corrected chi connectivity index (χ3v) is 8.24. The van der Waals surface area contributed by atoms with Crippen molar-refractivity contribution >= 4 is 50.7 Å². The normalized spacial score (nSPS) is 12.0. The highest BCUT2D eigenvalue weighted by molar-refractivity contribution is 7.92. The lowest BCUT2D eigenvalue weighted by Gasteiger charge is -2.32. The van der Waals surface area contributed by atoms with Gasteiger partial charge in [0.1, 0.15) is 12.6 Å². The van der Waals surface area contributed by atoms with Crippen molar-refractivity contribution in [2.75, 3.05) is 17.9 Å². The standard InChI is InChI=1S/C26H27Cl2N3O4S/c1-18-9-7-10-20(15-18)16-30(19(2)26(33)29-3)24(32)17-31(23-14-8-13-22(27)25(23)28)36(34,35)21-11-5-4-6-12-21/h4-15,19H,16-17H2,1-3H3,(H,29,33)/t19-/m1/s1. The van der Waals surface area contributed by atoms with Crippen LogP contribution >= 0.6 is 23.2 Å². The molecule has 10 heteroatoms. The summed E-state index contributed by atoms with van der Waals surface area (Å²) in [5.41, 5.74) is 1.85. The van der Waals surface area contributed by atoms with E-state index in [2.05, 4.69) is 5.32 Å². The number of carbonyl (C=O) groups excluding carboxylic acids is 2. The Morgan fingerprint density at radius 1 is 0.972 bits per heavy atom. The van der Waals surface area contributed by atoms with Crippen LogP contribution in [0.2, 0.25) is 10.0 Å². The molecule has 1 atom stereocenters. The number of carbonyl (C=O) groups is 2. The van der Waals surface area contributed by atoms with Crippen molar-refractivity contribution in [3.05, 3.63) is 94.0 Å². The van der Waals surface area contributed by atoms with Gasteiger partial charge in [0.2, 0.25) is 11.8 Å². The number of benzene rings is 3. The number of sulfonamides is 1. The van der Waals surface area contributed by atoms with Gasteiger partial charge in [0.15, 0.2) is 0 Å². The van der Waals surface area contributed by atoms with Crippen molar-refractivity contribution in [3.63, 3.8) is 0 Å². The van der Waals surface area contributed by atoms with E-state index in [0.717, 1.165) is 15.4 Å². The highest BCUT2D eigenvalue weighted by Gasteiger charge is 2.33. The fraction of sp³-hybridized carbons (Fsp3) is 0.231. The van der Waals surface area contributed by atoms with Crippen LogP contribution in [0.1, 0.15) is 18.1 Å². The minimum atomic E-state index is -4.21. The molecular formula is C26H27Cl2N3O4S. The number of anilines is 1. The average Bonchev–Trinajstić information content (AvgIpc) is 2.87. The summed E-state index contributed by atoms with van der Waals surface area (Å²) in [6.45, 7) is 3.03. The first-order chi connectivity index (χ1) is 17.1. The molecule has 0 spiro atoms. The molecule has 36 heavy (non-hydrogen) atoms. The minimum absolute atomic E-state index is 0.00365. The third-order valence-electron chi connectivity index (χ3n) is 5.66. The Morgan fingerprint density at radius 2 is 1.64 bits per heavy atom. The molecule has 0 aromatic heterocycles. The molecular weight excluding hydrogens is 521 g/mol. The number of amides is 2. The van der Waals surface area contributed by atoms with Gasteiger partial charge in [-0.25, -0.2) is 8.42 Å². The Balaban J connectivity index is 2.07. The van der Waals surface area contributed by atoms with Gasteiger partial charge in [-0.1, -0.05) is 77.3 Å². The predicted molar refractivity (Wildman–Crippen MR) is 143 cm³/mol. The van der Waals surface area contributed by atoms with Crippen molar-refractivity contribution in [2.45, 2.75) is 31.3 Å². The fourth-order valence-corrected chi connectivity index (χ4v) is 5.61. The van der Waals surface area contributed by atoms with Gasteiger partial charge in [0.05, 0.1) is 20.6 Å². The molecule has 0 saturated heterocycles. The molecule has 0 aliphatic rings. The van der Waals surface area contributed by atoms with Crippen molar-refractivity contribution in [1.82, 2.24) is 10.2 Å². The van der Waals surface area contributed by atoms with Crippen LogP contribution in [0.4, 0.5) is 5.69 Å². The Bertz CT molecular complexity index is 1350. The first-order valence-corrected chi connectivity index (χ1v) is 13.3. The summed E-state index contributed by atoms with van der Waals surface area (Å²) < 4.78 is 28.3. The van der Waals surface area contributed by atoms with Crippen LogP contribution in [0.3, 0.4) is 0 Å². The van der Waals surface area contributed by atoms with Crippen molar-refractivity contribution in [2.24, 2.45) is 0 Å². The van der Waals surface area contributed by atoms with Crippen LogP contribution in [0.5, 0.6) is 0 Å². The number of hydrogen-bond acceptors (Lipinski definition) is 4. The largest absolute Gasteiger partial charge is 0.357 e. The minimum Gasteiger partial charge on any atom is -0.357 e. The van der Waals surface area contributed by atoms with Gasteiger partial charge in [-0.3, -0.25) is 13.9 Å². The summed E-state index contributed by atoms with van der Waals surface area (Å²) in [5, 5.41) is 2.69. The molecule has 3 aromatic rings. The Labute approximate surface area is 221 Å². The lowest BCUT2D eigenvalue weighted by atomic mass is 10.1. The second-order valence-corrected chi connectivity index (χ2v) is 10.8. The van der Waals surface area contributed by atoms with Crippen molar-refractivity contribution in [3.8, 4) is 0 Å². The van der Waals surface area contributed by atoms with E-state index in [9.17, 15) is 18.0 Å². The topological polar surface area (TPSA) is 86.8 Å². The molecule has 0 saturated carbocycles. The molecule has 0 radical (unpaired) electrons. The number of likely N-dealkylation sites (N-methyl/N-ethyl adjacent to an activating group) is 1. The first kappa shape index (κ1) is 27.5. The average molecular weight is 548 g/mol. The maximum absolute atomic E-state index is 13.7. The third kappa shape index (κ3) is 6.19. The van der Waals surface area contributed by atoms with E-state index in [1.54, 1.807) is 31.2 Å². The van der Waals surface area contributed by atoms with E-state index in [4.69, 9.17) is 23.2 Å². The van der Waals surface area contributed by atoms with Crippen LogP contribution in [-0.4, -0.2) is 44.8 Å². The van der Waals surface area contributed by atoms with Crippen LogP contribution in [0.15, 0.2) is 77.7 Å². The van der Waals surface area contributed by atoms with Gasteiger partial charge in [0.25, 0.3) is 10.0 Å². The van der Waals surface area contributed by atoms with Crippen molar-refractivity contribution in [1.29, 1.82) is 0 Å². The molecule has 1 N–H and O–H groups in total. The second kappa shape index (κ2) is 11.8. The molecule has 0 aliphatic carbocycles. The lowest BCUT2D eigenvalue weighted by Crippen LogP contribution is -2.50. The van der Waals surface area contributed by atoms with E-state index >= 15 is 0 Å². The van der Waals surface area contributed by atoms with Crippen molar-refractivity contribution < 1.29 is 18.0 Å². The second-order valence-electron chi connectivity index (χ2n) is 8.20. The monoisotopic (exact) mass is 547 g/mol. The lowest BCUT2D eigenvalue weighted by molar-refractivity contribution is -0.139. The van der Waals surface area contributed by atoms with E-state index in [-0.39, 0.29) is 33.1 Å². The Hall–Kier alpha value is -3.07. The Morgan fingerprint density at radius 3 is 2.28 bits per heavy atom. The fourth-order valence-electron chi connectivity index (χ4n) is 3.72. The number of aryl methyl sites for hydroxylation is 1. The summed E-state index contributed by atoms with van der Waals surface area (Å²) >= 11 is 12.6. The van der Waals surface area contributed by atoms with Gasteiger partial charge in [-0.05, 0) is 43.7 Å². The van der Waals surface area contributed by atoms with Gasteiger partial charge in [0, 0.05) is 13.6 Å². The maximum Gasteiger partial charge on any atom is 0.264 e. The molecule has 0 bridgehead atoms. The summed E-state index contributed by atoms with van der Waals surface area (Å²) in [6, 6.07) is 19.0. The number of hydrogen-bond donors (Lipinski definition) is 1. The van der Waals surface area contributed by atoms with Crippen LogP contribution in [0.25, 0.3) is 0 Å². The molecule has 0 heterocycles. The maximum atomic E-state index is 13.7. The van der Waals surface area contributed by atoms with E-state index in [0.29, 0.717) is 0 Å². The smallest absolute Gasteiger partial charge is 0.264 e. The van der Waals surface area contributed by atoms with Gasteiger partial charge in [-0.2, -0.15) is 0 Å². The summed E-state index contributed by atoms with van der Waals surface area (Å²) in [6.07, 6.45) is 0. The molecule has 7 nitrogen and oxygen atoms in total. The van der Waals surface area contributed by atoms with Gasteiger partial charge < -0.3 is 10.2 Å². The number of nitrogens with one attached hydrogen (secondary N) is 1. The first-order valence-electron chi connectivity index (χ1n) is 11.1. The molecule has 0 unspecified atom stereocenters. The highest BCUT2D eigenvalue weighted by atomic mass is 35.5. The number of halogens is 2. The quantitative estimate of drug-likeness (QED) is 0.422. The van der Waals surface area contributed by atoms with E-state index in [1.807, 2.05) is 31.2 Å². The molecule has 0 aliphatic heterocycles. The van der Waals surface area contributed by atoms with Crippen LogP contribution < -0.4 is 9.62 Å². The number of nitrogens with zero attached hydrogens (tertiary/aromatic N) is 2. The summed E-state index contributed by atoms with van der Waals surface area (Å²) in [4.78, 5) is 27.6. The molecule has 190 valence electrons. The SMILES string of the molecule is CNC(=O)[C@@H](C)N(Cc1cccc(C)c1)C(=O)CN(c1cccc(Cl)c1Cl)S(=O)(=O)c1ccccc1. The molecule has 3 aromatic carbocycles. The zero-order valence-electron chi connectivity index (χ0n) is 20.1. The Kier molecular flexibility index (Phi) is 9.00. The summed E-state index contributed by atoms with van der Waals surface area (Å²) in [5.74, 6) is -0.961. The van der Waals surface area contributed by atoms with E-state index < -0.39 is 28.5 Å². The molecule has 2 amide bonds. The molecule has 0 fully saturated rings. The van der Waals surface area contributed by atoms with Gasteiger partial charge >= 0.3 is 0 Å². The zero-order valence-corrected chi connectivity index (χ0v) is 22.4. The number of rotatable bonds is 9. The molecule has 3 rings (SSSR count). The zero-order chi connectivity index (χ0) is 26.5. The predicted octanol–water partition coefficient (Wildman–Crippen LogP) is 4.66. The van der Waals surface area contributed by atoms with Crippen LogP contribution in [-0.2, 0) is 26.2 Å². The van der Waals surface area contributed by atoms with Crippen LogP contribution in [0, 0.1) is 6.92 Å². The highest BCUT2D eigenvalue weighted by Crippen LogP contribution is 2.35. The van der Waals surface area contributed by atoms with Gasteiger partial charge in [-0.15, -0.1) is 0 Å².